The summed E-state index contributed by atoms with van der Waals surface area (Å²) >= 11 is 0. The molecule has 0 unspecified atom stereocenters. The van der Waals surface area contributed by atoms with Crippen LogP contribution in [0.15, 0.2) is 18.2 Å². The highest BCUT2D eigenvalue weighted by molar-refractivity contribution is 5.88. The average Bonchev–Trinajstić information content (AvgIpc) is 2.29. The van der Waals surface area contributed by atoms with Crippen molar-refractivity contribution in [2.24, 2.45) is 0 Å². The summed E-state index contributed by atoms with van der Waals surface area (Å²) in [5.41, 5.74) is 1.13. The van der Waals surface area contributed by atoms with Crippen LogP contribution in [0.25, 0.3) is 0 Å². The summed E-state index contributed by atoms with van der Waals surface area (Å²) in [5, 5.41) is 17.6. The Labute approximate surface area is 94.5 Å². The van der Waals surface area contributed by atoms with Gasteiger partial charge < -0.3 is 14.9 Å². The topological polar surface area (TPSA) is 66.8 Å². The number of carbonyl (C=O) groups is 1. The Kier molecular flexibility index (Phi) is 4.79. The highest BCUT2D eigenvalue weighted by atomic mass is 16.5. The zero-order valence-electron chi connectivity index (χ0n) is 9.27. The molecule has 1 rings (SSSR count). The van der Waals surface area contributed by atoms with Crippen molar-refractivity contribution in [3.63, 3.8) is 0 Å². The van der Waals surface area contributed by atoms with Crippen LogP contribution in [0.5, 0.6) is 5.75 Å². The zero-order valence-corrected chi connectivity index (χ0v) is 9.27. The first-order valence-electron chi connectivity index (χ1n) is 5.20. The van der Waals surface area contributed by atoms with Crippen LogP contribution in [-0.2, 0) is 6.42 Å². The van der Waals surface area contributed by atoms with E-state index in [4.69, 9.17) is 14.9 Å². The normalized spacial score (nSPS) is 10.1. The van der Waals surface area contributed by atoms with Gasteiger partial charge in [-0.25, -0.2) is 4.79 Å². The molecule has 2 N–H and O–H groups in total. The Morgan fingerprint density at radius 2 is 2.12 bits per heavy atom. The van der Waals surface area contributed by atoms with Crippen molar-refractivity contribution >= 4 is 5.97 Å². The van der Waals surface area contributed by atoms with E-state index in [1.165, 1.54) is 6.07 Å². The van der Waals surface area contributed by atoms with Crippen LogP contribution < -0.4 is 4.74 Å². The van der Waals surface area contributed by atoms with E-state index in [1.807, 2.05) is 0 Å². The maximum Gasteiger partial charge on any atom is 0.335 e. The number of unbranched alkanes of at least 4 members (excludes halogenated alkanes) is 1. The van der Waals surface area contributed by atoms with Crippen LogP contribution in [0.3, 0.4) is 0 Å². The molecule has 0 spiro atoms. The number of rotatable bonds is 6. The van der Waals surface area contributed by atoms with E-state index in [2.05, 4.69) is 0 Å². The van der Waals surface area contributed by atoms with Crippen molar-refractivity contribution in [2.75, 3.05) is 13.7 Å². The maximum absolute atomic E-state index is 10.8. The fourth-order valence-electron chi connectivity index (χ4n) is 1.53. The number of ether oxygens (including phenoxy) is 1. The summed E-state index contributed by atoms with van der Waals surface area (Å²) in [7, 11) is 1.56. The first kappa shape index (κ1) is 12.5. The molecule has 0 saturated carbocycles. The molecule has 0 saturated heterocycles. The molecule has 4 heteroatoms. The monoisotopic (exact) mass is 224 g/mol. The molecule has 88 valence electrons. The highest BCUT2D eigenvalue weighted by Gasteiger charge is 2.08. The Bertz CT molecular complexity index is 360. The van der Waals surface area contributed by atoms with E-state index in [0.717, 1.165) is 12.0 Å². The molecule has 1 aromatic carbocycles. The molecule has 0 aliphatic rings. The minimum Gasteiger partial charge on any atom is -0.496 e. The fraction of sp³-hybridized carbons (Fsp3) is 0.417. The van der Waals surface area contributed by atoms with Crippen molar-refractivity contribution in [3.05, 3.63) is 29.3 Å². The summed E-state index contributed by atoms with van der Waals surface area (Å²) in [4.78, 5) is 10.8. The second kappa shape index (κ2) is 6.12. The third-order valence-electron chi connectivity index (χ3n) is 2.38. The summed E-state index contributed by atoms with van der Waals surface area (Å²) in [5.74, 6) is -0.242. The van der Waals surface area contributed by atoms with Gasteiger partial charge in [-0.2, -0.15) is 0 Å². The number of aryl methyl sites for hydroxylation is 1. The van der Waals surface area contributed by atoms with Gasteiger partial charge in [-0.1, -0.05) is 0 Å². The van der Waals surface area contributed by atoms with E-state index >= 15 is 0 Å². The lowest BCUT2D eigenvalue weighted by molar-refractivity contribution is 0.0696. The summed E-state index contributed by atoms with van der Waals surface area (Å²) in [6.45, 7) is 0.154. The van der Waals surface area contributed by atoms with E-state index in [-0.39, 0.29) is 12.2 Å². The summed E-state index contributed by atoms with van der Waals surface area (Å²) in [6.07, 6.45) is 2.24. The van der Waals surface area contributed by atoms with Crippen LogP contribution in [-0.4, -0.2) is 29.9 Å². The van der Waals surface area contributed by atoms with Gasteiger partial charge in [0.25, 0.3) is 0 Å². The average molecular weight is 224 g/mol. The number of aromatic carboxylic acids is 1. The quantitative estimate of drug-likeness (QED) is 0.722. The van der Waals surface area contributed by atoms with Gasteiger partial charge in [-0.15, -0.1) is 0 Å². The van der Waals surface area contributed by atoms with E-state index in [1.54, 1.807) is 19.2 Å². The smallest absolute Gasteiger partial charge is 0.335 e. The zero-order chi connectivity index (χ0) is 12.0. The van der Waals surface area contributed by atoms with E-state index < -0.39 is 5.97 Å². The Balaban J connectivity index is 2.84. The molecule has 0 atom stereocenters. The Morgan fingerprint density at radius 3 is 2.69 bits per heavy atom. The molecule has 16 heavy (non-hydrogen) atoms. The number of carboxylic acid groups (broad SMARTS) is 1. The number of carboxylic acids is 1. The first-order valence-corrected chi connectivity index (χ1v) is 5.20. The summed E-state index contributed by atoms with van der Waals surface area (Å²) in [6, 6.07) is 4.81. The van der Waals surface area contributed by atoms with Crippen molar-refractivity contribution in [2.45, 2.75) is 19.3 Å². The van der Waals surface area contributed by atoms with E-state index in [0.29, 0.717) is 18.6 Å². The van der Waals surface area contributed by atoms with Crippen molar-refractivity contribution < 1.29 is 19.7 Å². The molecule has 1 aromatic rings. The fourth-order valence-corrected chi connectivity index (χ4v) is 1.53. The molecule has 0 fully saturated rings. The molecule has 0 heterocycles. The van der Waals surface area contributed by atoms with Crippen LogP contribution >= 0.6 is 0 Å². The van der Waals surface area contributed by atoms with Gasteiger partial charge in [0.1, 0.15) is 5.75 Å². The molecule has 0 radical (unpaired) electrons. The molecule has 4 nitrogen and oxygen atoms in total. The van der Waals surface area contributed by atoms with Crippen LogP contribution in [0.4, 0.5) is 0 Å². The second-order valence-electron chi connectivity index (χ2n) is 3.51. The van der Waals surface area contributed by atoms with Gasteiger partial charge in [0.15, 0.2) is 0 Å². The highest BCUT2D eigenvalue weighted by Crippen LogP contribution is 2.21. The molecular weight excluding hydrogens is 208 g/mol. The molecule has 0 amide bonds. The number of benzene rings is 1. The maximum atomic E-state index is 10.8. The third-order valence-corrected chi connectivity index (χ3v) is 2.38. The Hall–Kier alpha value is -1.55. The molecule has 0 bridgehead atoms. The predicted molar refractivity (Wildman–Crippen MR) is 60.0 cm³/mol. The number of aliphatic hydroxyl groups excluding tert-OH is 1. The van der Waals surface area contributed by atoms with Gasteiger partial charge in [0, 0.05) is 6.61 Å². The van der Waals surface area contributed by atoms with Crippen LogP contribution in [0.2, 0.25) is 0 Å². The van der Waals surface area contributed by atoms with Crippen LogP contribution in [0.1, 0.15) is 28.8 Å². The molecule has 0 aromatic heterocycles. The summed E-state index contributed by atoms with van der Waals surface area (Å²) < 4.78 is 5.16. The number of methoxy groups -OCH3 is 1. The molecule has 0 aliphatic carbocycles. The van der Waals surface area contributed by atoms with E-state index in [9.17, 15) is 4.79 Å². The number of aliphatic hydroxyl groups is 1. The van der Waals surface area contributed by atoms with Gasteiger partial charge in [0.2, 0.25) is 0 Å². The van der Waals surface area contributed by atoms with Gasteiger partial charge >= 0.3 is 5.97 Å². The van der Waals surface area contributed by atoms with Crippen molar-refractivity contribution in [1.29, 1.82) is 0 Å². The lowest BCUT2D eigenvalue weighted by Gasteiger charge is -2.08. The molecular formula is C12H16O4. The SMILES string of the molecule is COc1ccc(C(=O)O)cc1CCCCO. The van der Waals surface area contributed by atoms with Crippen molar-refractivity contribution in [3.8, 4) is 5.75 Å². The Morgan fingerprint density at radius 1 is 1.38 bits per heavy atom. The predicted octanol–water partition coefficient (Wildman–Crippen LogP) is 1.71. The lowest BCUT2D eigenvalue weighted by atomic mass is 10.0. The number of hydrogen-bond donors (Lipinski definition) is 2. The standard InChI is InChI=1S/C12H16O4/c1-16-11-6-5-10(12(14)15)8-9(11)4-2-3-7-13/h5-6,8,13H,2-4,7H2,1H3,(H,14,15). The van der Waals surface area contributed by atoms with Gasteiger partial charge in [0.05, 0.1) is 12.7 Å². The second-order valence-corrected chi connectivity index (χ2v) is 3.51. The lowest BCUT2D eigenvalue weighted by Crippen LogP contribution is -2.00. The molecule has 0 aliphatic heterocycles. The third kappa shape index (κ3) is 3.24. The van der Waals surface area contributed by atoms with Gasteiger partial charge in [-0.3, -0.25) is 0 Å². The minimum absolute atomic E-state index is 0.154. The number of hydrogen-bond acceptors (Lipinski definition) is 3. The van der Waals surface area contributed by atoms with Crippen LogP contribution in [0, 0.1) is 0 Å². The largest absolute Gasteiger partial charge is 0.496 e. The van der Waals surface area contributed by atoms with Crippen molar-refractivity contribution in [1.82, 2.24) is 0 Å². The minimum atomic E-state index is -0.939. The first-order chi connectivity index (χ1) is 7.69. The van der Waals surface area contributed by atoms with Gasteiger partial charge in [-0.05, 0) is 43.0 Å².